The summed E-state index contributed by atoms with van der Waals surface area (Å²) in [6.07, 6.45) is 0.901. The molecule has 0 fully saturated rings. The van der Waals surface area contributed by atoms with E-state index in [0.717, 1.165) is 5.56 Å². The average molecular weight is 425 g/mol. The molecule has 6 nitrogen and oxygen atoms in total. The Morgan fingerprint density at radius 1 is 0.893 bits per heavy atom. The van der Waals surface area contributed by atoms with Gasteiger partial charge in [-0.05, 0) is 42.3 Å². The van der Waals surface area contributed by atoms with Gasteiger partial charge in [0.25, 0.3) is 5.91 Å². The fourth-order valence-electron chi connectivity index (χ4n) is 2.50. The molecule has 0 bridgehead atoms. The Bertz CT molecular complexity index is 843. The molecule has 0 saturated heterocycles. The zero-order valence-electron chi connectivity index (χ0n) is 15.7. The summed E-state index contributed by atoms with van der Waals surface area (Å²) in [5.41, 5.74) is 1.38. The van der Waals surface area contributed by atoms with Crippen LogP contribution in [0.3, 0.4) is 0 Å². The van der Waals surface area contributed by atoms with Gasteiger partial charge in [0.05, 0.1) is 24.3 Å². The largest absolute Gasteiger partial charge is 0.493 e. The Morgan fingerprint density at radius 3 is 2.29 bits per heavy atom. The van der Waals surface area contributed by atoms with Crippen LogP contribution < -0.4 is 20.1 Å². The Hall–Kier alpha value is -2.44. The number of ether oxygens (including phenoxy) is 2. The molecule has 2 N–H and O–H groups in total. The van der Waals surface area contributed by atoms with E-state index in [2.05, 4.69) is 10.6 Å². The second-order valence-electron chi connectivity index (χ2n) is 5.92. The lowest BCUT2D eigenvalue weighted by Gasteiger charge is -2.10. The van der Waals surface area contributed by atoms with E-state index in [4.69, 9.17) is 32.7 Å². The van der Waals surface area contributed by atoms with E-state index >= 15 is 0 Å². The van der Waals surface area contributed by atoms with Crippen molar-refractivity contribution >= 4 is 35.0 Å². The van der Waals surface area contributed by atoms with Crippen LogP contribution in [0.2, 0.25) is 10.0 Å². The summed E-state index contributed by atoms with van der Waals surface area (Å²) in [4.78, 5) is 24.0. The van der Waals surface area contributed by atoms with Crippen molar-refractivity contribution < 1.29 is 19.1 Å². The van der Waals surface area contributed by atoms with Crippen LogP contribution in [0.15, 0.2) is 36.4 Å². The molecule has 0 aliphatic heterocycles. The van der Waals surface area contributed by atoms with Crippen molar-refractivity contribution in [3.05, 3.63) is 57.6 Å². The first-order valence-corrected chi connectivity index (χ1v) is 9.41. The number of aryl methyl sites for hydroxylation is 1. The van der Waals surface area contributed by atoms with Crippen molar-refractivity contribution in [3.8, 4) is 11.5 Å². The standard InChI is InChI=1S/C20H22Cl2N2O4/c1-27-17-7-3-13(11-18(17)28-2)4-8-19(25)23-9-10-24-20(26)14-5-6-15(21)16(22)12-14/h3,5-7,11-12H,4,8-10H2,1-2H3,(H,23,25)(H,24,26). The van der Waals surface area contributed by atoms with Crippen LogP contribution in [-0.4, -0.2) is 39.1 Å². The minimum Gasteiger partial charge on any atom is -0.493 e. The van der Waals surface area contributed by atoms with Crippen molar-refractivity contribution in [1.82, 2.24) is 10.6 Å². The summed E-state index contributed by atoms with van der Waals surface area (Å²) in [6, 6.07) is 10.2. The van der Waals surface area contributed by atoms with Gasteiger partial charge in [0.1, 0.15) is 0 Å². The number of nitrogens with one attached hydrogen (secondary N) is 2. The number of methoxy groups -OCH3 is 2. The van der Waals surface area contributed by atoms with Crippen LogP contribution in [0, 0.1) is 0 Å². The van der Waals surface area contributed by atoms with Crippen LogP contribution in [0.1, 0.15) is 22.3 Å². The van der Waals surface area contributed by atoms with Gasteiger partial charge >= 0.3 is 0 Å². The lowest BCUT2D eigenvalue weighted by atomic mass is 10.1. The van der Waals surface area contributed by atoms with Crippen molar-refractivity contribution in [2.45, 2.75) is 12.8 Å². The second kappa shape index (κ2) is 10.8. The number of carbonyl (C=O) groups excluding carboxylic acids is 2. The van der Waals surface area contributed by atoms with Gasteiger partial charge in [-0.1, -0.05) is 29.3 Å². The molecule has 2 aromatic rings. The van der Waals surface area contributed by atoms with Crippen molar-refractivity contribution in [1.29, 1.82) is 0 Å². The number of carbonyl (C=O) groups is 2. The van der Waals surface area contributed by atoms with E-state index in [0.29, 0.717) is 53.0 Å². The van der Waals surface area contributed by atoms with Crippen LogP contribution >= 0.6 is 23.2 Å². The molecule has 0 heterocycles. The van der Waals surface area contributed by atoms with E-state index in [1.807, 2.05) is 18.2 Å². The molecule has 150 valence electrons. The molecule has 0 unspecified atom stereocenters. The molecule has 0 saturated carbocycles. The number of rotatable bonds is 9. The maximum absolute atomic E-state index is 12.0. The van der Waals surface area contributed by atoms with Crippen LogP contribution in [0.5, 0.6) is 11.5 Å². The normalized spacial score (nSPS) is 10.3. The monoisotopic (exact) mass is 424 g/mol. The predicted molar refractivity (Wildman–Crippen MR) is 110 cm³/mol. The van der Waals surface area contributed by atoms with Gasteiger partial charge in [0.2, 0.25) is 5.91 Å². The fourth-order valence-corrected chi connectivity index (χ4v) is 2.80. The zero-order chi connectivity index (χ0) is 20.5. The Morgan fingerprint density at radius 2 is 1.61 bits per heavy atom. The maximum atomic E-state index is 12.0. The highest BCUT2D eigenvalue weighted by molar-refractivity contribution is 6.42. The SMILES string of the molecule is COc1ccc(CCC(=O)NCCNC(=O)c2ccc(Cl)c(Cl)c2)cc1OC. The summed E-state index contributed by atoms with van der Waals surface area (Å²) in [5.74, 6) is 0.899. The molecule has 0 spiro atoms. The molecule has 2 aromatic carbocycles. The van der Waals surface area contributed by atoms with E-state index in [-0.39, 0.29) is 11.8 Å². The average Bonchev–Trinajstić information content (AvgIpc) is 2.71. The molecular formula is C20H22Cl2N2O4. The molecule has 0 aromatic heterocycles. The Balaban J connectivity index is 1.71. The van der Waals surface area contributed by atoms with Gasteiger partial charge < -0.3 is 20.1 Å². The highest BCUT2D eigenvalue weighted by atomic mass is 35.5. The number of hydrogen-bond acceptors (Lipinski definition) is 4. The fraction of sp³-hybridized carbons (Fsp3) is 0.300. The zero-order valence-corrected chi connectivity index (χ0v) is 17.2. The Labute approximate surface area is 174 Å². The second-order valence-corrected chi connectivity index (χ2v) is 6.74. The molecule has 0 aliphatic carbocycles. The minimum atomic E-state index is -0.279. The van der Waals surface area contributed by atoms with Gasteiger partial charge in [0, 0.05) is 25.1 Å². The lowest BCUT2D eigenvalue weighted by Crippen LogP contribution is -2.34. The lowest BCUT2D eigenvalue weighted by molar-refractivity contribution is -0.121. The highest BCUT2D eigenvalue weighted by Crippen LogP contribution is 2.28. The van der Waals surface area contributed by atoms with Gasteiger partial charge in [-0.15, -0.1) is 0 Å². The van der Waals surface area contributed by atoms with Gasteiger partial charge in [-0.25, -0.2) is 0 Å². The van der Waals surface area contributed by atoms with Gasteiger partial charge in [-0.2, -0.15) is 0 Å². The van der Waals surface area contributed by atoms with Crippen molar-refractivity contribution in [2.75, 3.05) is 27.3 Å². The molecule has 2 amide bonds. The quantitative estimate of drug-likeness (QED) is 0.604. The smallest absolute Gasteiger partial charge is 0.251 e. The van der Waals surface area contributed by atoms with E-state index < -0.39 is 0 Å². The number of halogens is 2. The van der Waals surface area contributed by atoms with Gasteiger partial charge in [0.15, 0.2) is 11.5 Å². The topological polar surface area (TPSA) is 76.7 Å². The molecule has 0 atom stereocenters. The molecular weight excluding hydrogens is 403 g/mol. The summed E-state index contributed by atoms with van der Waals surface area (Å²) >= 11 is 11.7. The maximum Gasteiger partial charge on any atom is 0.251 e. The first-order chi connectivity index (χ1) is 13.4. The third-order valence-electron chi connectivity index (χ3n) is 4.00. The van der Waals surface area contributed by atoms with E-state index in [1.165, 1.54) is 6.07 Å². The third-order valence-corrected chi connectivity index (χ3v) is 4.74. The van der Waals surface area contributed by atoms with Crippen LogP contribution in [0.4, 0.5) is 0 Å². The molecule has 0 aliphatic rings. The van der Waals surface area contributed by atoms with Crippen molar-refractivity contribution in [3.63, 3.8) is 0 Å². The van der Waals surface area contributed by atoms with E-state index in [1.54, 1.807) is 26.4 Å². The van der Waals surface area contributed by atoms with Gasteiger partial charge in [-0.3, -0.25) is 9.59 Å². The van der Waals surface area contributed by atoms with Crippen LogP contribution in [-0.2, 0) is 11.2 Å². The first-order valence-electron chi connectivity index (χ1n) is 8.65. The summed E-state index contributed by atoms with van der Waals surface area (Å²) in [6.45, 7) is 0.638. The summed E-state index contributed by atoms with van der Waals surface area (Å²) < 4.78 is 10.4. The van der Waals surface area contributed by atoms with E-state index in [9.17, 15) is 9.59 Å². The third kappa shape index (κ3) is 6.32. The Kier molecular flexibility index (Phi) is 8.42. The predicted octanol–water partition coefficient (Wildman–Crippen LogP) is 3.49. The summed E-state index contributed by atoms with van der Waals surface area (Å²) in [5, 5.41) is 6.20. The minimum absolute atomic E-state index is 0.0985. The number of amides is 2. The summed E-state index contributed by atoms with van der Waals surface area (Å²) in [7, 11) is 3.14. The van der Waals surface area contributed by atoms with Crippen molar-refractivity contribution in [2.24, 2.45) is 0 Å². The number of hydrogen-bond donors (Lipinski definition) is 2. The molecule has 2 rings (SSSR count). The molecule has 28 heavy (non-hydrogen) atoms. The first kappa shape index (κ1) is 21.9. The van der Waals surface area contributed by atoms with Crippen LogP contribution in [0.25, 0.3) is 0 Å². The molecule has 0 radical (unpaired) electrons. The molecule has 8 heteroatoms. The number of benzene rings is 2. The highest BCUT2D eigenvalue weighted by Gasteiger charge is 2.09.